The van der Waals surface area contributed by atoms with Gasteiger partial charge in [0.2, 0.25) is 10.0 Å². The lowest BCUT2D eigenvalue weighted by atomic mass is 10.1. The van der Waals surface area contributed by atoms with Crippen LogP contribution < -0.4 is 5.32 Å². The SMILES string of the molecule is CCNCc1ccc(CC)c(S(=O)(=O)N(C)C(C)C)c1. The van der Waals surface area contributed by atoms with Gasteiger partial charge in [-0.15, -0.1) is 0 Å². The Balaban J connectivity index is 3.26. The third kappa shape index (κ3) is 3.81. The molecule has 0 saturated carbocycles. The summed E-state index contributed by atoms with van der Waals surface area (Å²) in [5.74, 6) is 0. The van der Waals surface area contributed by atoms with E-state index < -0.39 is 10.0 Å². The number of rotatable bonds is 7. The van der Waals surface area contributed by atoms with Gasteiger partial charge < -0.3 is 5.32 Å². The summed E-state index contributed by atoms with van der Waals surface area (Å²) in [4.78, 5) is 0.437. The highest BCUT2D eigenvalue weighted by molar-refractivity contribution is 7.89. The standard InChI is InChI=1S/C15H26N2O2S/c1-6-14-9-8-13(11-16-7-2)10-15(14)20(18,19)17(5)12(3)4/h8-10,12,16H,6-7,11H2,1-5H3. The molecule has 0 amide bonds. The molecular weight excluding hydrogens is 272 g/mol. The Morgan fingerprint density at radius 2 is 1.90 bits per heavy atom. The maximum absolute atomic E-state index is 12.7. The number of nitrogens with zero attached hydrogens (tertiary/aromatic N) is 1. The number of sulfonamides is 1. The van der Waals surface area contributed by atoms with E-state index in [1.165, 1.54) is 4.31 Å². The normalized spacial score (nSPS) is 12.3. The molecule has 0 fully saturated rings. The molecule has 1 aromatic rings. The molecule has 114 valence electrons. The highest BCUT2D eigenvalue weighted by Crippen LogP contribution is 2.23. The predicted octanol–water partition coefficient (Wildman–Crippen LogP) is 2.39. The quantitative estimate of drug-likeness (QED) is 0.841. The fourth-order valence-corrected chi connectivity index (χ4v) is 3.65. The first-order valence-corrected chi connectivity index (χ1v) is 8.59. The van der Waals surface area contributed by atoms with Crippen molar-refractivity contribution < 1.29 is 8.42 Å². The van der Waals surface area contributed by atoms with Crippen LogP contribution in [0.2, 0.25) is 0 Å². The summed E-state index contributed by atoms with van der Waals surface area (Å²) in [6.45, 7) is 9.33. The minimum atomic E-state index is -3.42. The van der Waals surface area contributed by atoms with Crippen LogP contribution in [0, 0.1) is 0 Å². The van der Waals surface area contributed by atoms with Gasteiger partial charge in [-0.3, -0.25) is 0 Å². The summed E-state index contributed by atoms with van der Waals surface area (Å²) in [6, 6.07) is 5.67. The first-order valence-electron chi connectivity index (χ1n) is 7.15. The zero-order valence-corrected chi connectivity index (χ0v) is 13.9. The molecule has 0 aliphatic heterocycles. The van der Waals surface area contributed by atoms with Crippen molar-refractivity contribution in [2.75, 3.05) is 13.6 Å². The molecule has 1 rings (SSSR count). The van der Waals surface area contributed by atoms with Crippen LogP contribution in [0.15, 0.2) is 23.1 Å². The molecule has 0 saturated heterocycles. The lowest BCUT2D eigenvalue weighted by Gasteiger charge is -2.23. The molecule has 5 heteroatoms. The fourth-order valence-electron chi connectivity index (χ4n) is 1.94. The van der Waals surface area contributed by atoms with E-state index in [2.05, 4.69) is 5.32 Å². The summed E-state index contributed by atoms with van der Waals surface area (Å²) < 4.78 is 26.8. The van der Waals surface area contributed by atoms with Crippen molar-refractivity contribution >= 4 is 10.0 Å². The number of hydrogen-bond donors (Lipinski definition) is 1. The highest BCUT2D eigenvalue weighted by Gasteiger charge is 2.25. The zero-order chi connectivity index (χ0) is 15.3. The largest absolute Gasteiger partial charge is 0.313 e. The van der Waals surface area contributed by atoms with Gasteiger partial charge in [0.15, 0.2) is 0 Å². The smallest absolute Gasteiger partial charge is 0.243 e. The lowest BCUT2D eigenvalue weighted by Crippen LogP contribution is -2.33. The molecule has 0 atom stereocenters. The van der Waals surface area contributed by atoms with Gasteiger partial charge in [-0.2, -0.15) is 4.31 Å². The summed E-state index contributed by atoms with van der Waals surface area (Å²) >= 11 is 0. The number of benzene rings is 1. The summed E-state index contributed by atoms with van der Waals surface area (Å²) in [6.07, 6.45) is 0.710. The van der Waals surface area contributed by atoms with E-state index in [1.807, 2.05) is 39.8 Å². The minimum absolute atomic E-state index is 0.0536. The van der Waals surface area contributed by atoms with E-state index in [-0.39, 0.29) is 6.04 Å². The van der Waals surface area contributed by atoms with Gasteiger partial charge >= 0.3 is 0 Å². The summed E-state index contributed by atoms with van der Waals surface area (Å²) in [7, 11) is -1.79. The Kier molecular flexibility index (Phi) is 6.17. The second-order valence-electron chi connectivity index (χ2n) is 5.19. The van der Waals surface area contributed by atoms with E-state index in [1.54, 1.807) is 13.1 Å². The van der Waals surface area contributed by atoms with Crippen molar-refractivity contribution in [1.29, 1.82) is 0 Å². The molecule has 0 radical (unpaired) electrons. The van der Waals surface area contributed by atoms with Crippen LogP contribution in [0.1, 0.15) is 38.8 Å². The predicted molar refractivity (Wildman–Crippen MR) is 83.3 cm³/mol. The van der Waals surface area contributed by atoms with Crippen LogP contribution in [0.4, 0.5) is 0 Å². The van der Waals surface area contributed by atoms with Crippen LogP contribution in [0.25, 0.3) is 0 Å². The topological polar surface area (TPSA) is 49.4 Å². The second kappa shape index (κ2) is 7.20. The van der Waals surface area contributed by atoms with Gasteiger partial charge in [0, 0.05) is 19.6 Å². The Labute approximate surface area is 123 Å². The van der Waals surface area contributed by atoms with Crippen molar-refractivity contribution in [3.05, 3.63) is 29.3 Å². The average Bonchev–Trinajstić information content (AvgIpc) is 2.43. The van der Waals surface area contributed by atoms with Crippen molar-refractivity contribution in [3.8, 4) is 0 Å². The molecule has 0 aromatic heterocycles. The number of hydrogen-bond acceptors (Lipinski definition) is 3. The van der Waals surface area contributed by atoms with E-state index in [0.29, 0.717) is 17.9 Å². The molecule has 4 nitrogen and oxygen atoms in total. The van der Waals surface area contributed by atoms with Crippen molar-refractivity contribution in [3.63, 3.8) is 0 Å². The van der Waals surface area contributed by atoms with Crippen molar-refractivity contribution in [1.82, 2.24) is 9.62 Å². The third-order valence-electron chi connectivity index (χ3n) is 3.48. The van der Waals surface area contributed by atoms with E-state index in [4.69, 9.17) is 0 Å². The first kappa shape index (κ1) is 17.1. The molecule has 0 heterocycles. The molecule has 0 bridgehead atoms. The Bertz CT molecular complexity index is 539. The average molecular weight is 298 g/mol. The van der Waals surface area contributed by atoms with Crippen molar-refractivity contribution in [2.24, 2.45) is 0 Å². The lowest BCUT2D eigenvalue weighted by molar-refractivity contribution is 0.410. The van der Waals surface area contributed by atoms with Gasteiger partial charge in [-0.1, -0.05) is 26.0 Å². The molecule has 20 heavy (non-hydrogen) atoms. The molecule has 0 aliphatic carbocycles. The van der Waals surface area contributed by atoms with Crippen LogP contribution in [0.5, 0.6) is 0 Å². The molecule has 0 aliphatic rings. The summed E-state index contributed by atoms with van der Waals surface area (Å²) in [5, 5.41) is 3.22. The van der Waals surface area contributed by atoms with Crippen LogP contribution in [0.3, 0.4) is 0 Å². The number of aryl methyl sites for hydroxylation is 1. The van der Waals surface area contributed by atoms with Gasteiger partial charge in [0.1, 0.15) is 0 Å². The van der Waals surface area contributed by atoms with E-state index in [0.717, 1.165) is 17.7 Å². The van der Waals surface area contributed by atoms with Gasteiger partial charge in [0.05, 0.1) is 4.90 Å². The first-order chi connectivity index (χ1) is 9.34. The molecule has 1 N–H and O–H groups in total. The fraction of sp³-hybridized carbons (Fsp3) is 0.600. The third-order valence-corrected chi connectivity index (χ3v) is 5.59. The zero-order valence-electron chi connectivity index (χ0n) is 13.1. The van der Waals surface area contributed by atoms with Gasteiger partial charge in [-0.25, -0.2) is 8.42 Å². The van der Waals surface area contributed by atoms with E-state index in [9.17, 15) is 8.42 Å². The highest BCUT2D eigenvalue weighted by atomic mass is 32.2. The van der Waals surface area contributed by atoms with Crippen LogP contribution in [-0.2, 0) is 23.0 Å². The van der Waals surface area contributed by atoms with Crippen molar-refractivity contribution in [2.45, 2.75) is 51.6 Å². The molecule has 1 aromatic carbocycles. The Morgan fingerprint density at radius 1 is 1.25 bits per heavy atom. The van der Waals surface area contributed by atoms with Crippen LogP contribution in [-0.4, -0.2) is 32.4 Å². The molecule has 0 unspecified atom stereocenters. The monoisotopic (exact) mass is 298 g/mol. The minimum Gasteiger partial charge on any atom is -0.313 e. The summed E-state index contributed by atoms with van der Waals surface area (Å²) in [5.41, 5.74) is 1.87. The number of nitrogens with one attached hydrogen (secondary N) is 1. The second-order valence-corrected chi connectivity index (χ2v) is 7.16. The maximum atomic E-state index is 12.7. The Morgan fingerprint density at radius 3 is 2.40 bits per heavy atom. The maximum Gasteiger partial charge on any atom is 0.243 e. The van der Waals surface area contributed by atoms with Gasteiger partial charge in [-0.05, 0) is 44.0 Å². The van der Waals surface area contributed by atoms with Crippen LogP contribution >= 0.6 is 0 Å². The van der Waals surface area contributed by atoms with E-state index >= 15 is 0 Å². The van der Waals surface area contributed by atoms with Gasteiger partial charge in [0.25, 0.3) is 0 Å². The molecular formula is C15H26N2O2S. The Hall–Kier alpha value is -0.910. The molecule has 0 spiro atoms.